The zero-order valence-electron chi connectivity index (χ0n) is 14.1. The van der Waals surface area contributed by atoms with E-state index in [1.165, 1.54) is 12.8 Å². The second-order valence-corrected chi connectivity index (χ2v) is 8.39. The molecule has 3 atom stereocenters. The van der Waals surface area contributed by atoms with Gasteiger partial charge in [-0.25, -0.2) is 0 Å². The van der Waals surface area contributed by atoms with Gasteiger partial charge >= 0.3 is 5.97 Å². The molecule has 3 heteroatoms. The van der Waals surface area contributed by atoms with Crippen LogP contribution in [-0.2, 0) is 9.53 Å². The summed E-state index contributed by atoms with van der Waals surface area (Å²) in [5.74, 6) is 0.812. The highest BCUT2D eigenvalue weighted by molar-refractivity contribution is 5.77. The zero-order chi connectivity index (χ0) is 15.3. The first kappa shape index (κ1) is 15.3. The fraction of sp³-hybridized carbons (Fsp3) is 0.944. The smallest absolute Gasteiger partial charge is 0.312 e. The van der Waals surface area contributed by atoms with Gasteiger partial charge in [0.2, 0.25) is 0 Å². The summed E-state index contributed by atoms with van der Waals surface area (Å²) in [5, 5.41) is 3.36. The Morgan fingerprint density at radius 1 is 1.19 bits per heavy atom. The molecule has 3 unspecified atom stereocenters. The summed E-state index contributed by atoms with van der Waals surface area (Å²) < 4.78 is 6.15. The van der Waals surface area contributed by atoms with Crippen LogP contribution in [0.2, 0.25) is 0 Å². The normalized spacial score (nSPS) is 40.2. The lowest BCUT2D eigenvalue weighted by molar-refractivity contribution is -0.171. The van der Waals surface area contributed by atoms with E-state index in [-0.39, 0.29) is 22.9 Å². The van der Waals surface area contributed by atoms with E-state index in [0.29, 0.717) is 5.41 Å². The molecule has 1 saturated heterocycles. The molecule has 0 aromatic heterocycles. The Morgan fingerprint density at radius 2 is 1.86 bits per heavy atom. The van der Waals surface area contributed by atoms with Crippen molar-refractivity contribution in [3.63, 3.8) is 0 Å². The molecular weight excluding hydrogens is 262 g/mol. The summed E-state index contributed by atoms with van der Waals surface area (Å²) in [4.78, 5) is 12.9. The Morgan fingerprint density at radius 3 is 2.33 bits per heavy atom. The third-order valence-electron chi connectivity index (χ3n) is 7.63. The van der Waals surface area contributed by atoms with Crippen LogP contribution >= 0.6 is 0 Å². The van der Waals surface area contributed by atoms with Gasteiger partial charge in [-0.1, -0.05) is 27.7 Å². The molecule has 0 aromatic rings. The third-order valence-corrected chi connectivity index (χ3v) is 7.63. The summed E-state index contributed by atoms with van der Waals surface area (Å²) in [6.07, 6.45) is 6.50. The lowest BCUT2D eigenvalue weighted by atomic mass is 9.70. The molecule has 21 heavy (non-hydrogen) atoms. The van der Waals surface area contributed by atoms with E-state index < -0.39 is 0 Å². The SMILES string of the molecule is CCC1(C(=O)OC2CC3CCC2(C)C3(C)C)CCNCC1. The van der Waals surface area contributed by atoms with Crippen molar-refractivity contribution in [1.82, 2.24) is 5.32 Å². The summed E-state index contributed by atoms with van der Waals surface area (Å²) in [6.45, 7) is 11.1. The summed E-state index contributed by atoms with van der Waals surface area (Å²) in [7, 11) is 0. The molecule has 0 aromatic carbocycles. The van der Waals surface area contributed by atoms with E-state index >= 15 is 0 Å². The quantitative estimate of drug-likeness (QED) is 0.809. The molecule has 3 rings (SSSR count). The molecule has 2 saturated carbocycles. The van der Waals surface area contributed by atoms with Gasteiger partial charge in [0.05, 0.1) is 5.41 Å². The number of carbonyl (C=O) groups excluding carboxylic acids is 1. The van der Waals surface area contributed by atoms with Gasteiger partial charge in [0.1, 0.15) is 6.10 Å². The Hall–Kier alpha value is -0.570. The van der Waals surface area contributed by atoms with Gasteiger partial charge in [0.25, 0.3) is 0 Å². The van der Waals surface area contributed by atoms with Crippen molar-refractivity contribution in [2.45, 2.75) is 72.3 Å². The first-order valence-corrected chi connectivity index (χ1v) is 8.77. The van der Waals surface area contributed by atoms with E-state index in [0.717, 1.165) is 44.7 Å². The lowest BCUT2D eigenvalue weighted by Gasteiger charge is -2.41. The molecule has 3 fully saturated rings. The number of piperidine rings is 1. The van der Waals surface area contributed by atoms with Crippen LogP contribution in [0.4, 0.5) is 0 Å². The number of nitrogens with one attached hydrogen (secondary N) is 1. The molecular formula is C18H31NO2. The number of hydrogen-bond acceptors (Lipinski definition) is 3. The first-order chi connectivity index (χ1) is 9.86. The highest BCUT2D eigenvalue weighted by atomic mass is 16.5. The topological polar surface area (TPSA) is 38.3 Å². The highest BCUT2D eigenvalue weighted by Crippen LogP contribution is 2.66. The number of fused-ring (bicyclic) bond motifs is 2. The highest BCUT2D eigenvalue weighted by Gasteiger charge is 2.63. The predicted molar refractivity (Wildman–Crippen MR) is 83.9 cm³/mol. The minimum Gasteiger partial charge on any atom is -0.461 e. The fourth-order valence-corrected chi connectivity index (χ4v) is 5.17. The maximum Gasteiger partial charge on any atom is 0.312 e. The first-order valence-electron chi connectivity index (χ1n) is 8.77. The average Bonchev–Trinajstić information content (AvgIpc) is 2.81. The van der Waals surface area contributed by atoms with E-state index in [2.05, 4.69) is 33.0 Å². The maximum absolute atomic E-state index is 12.9. The summed E-state index contributed by atoms with van der Waals surface area (Å²) >= 11 is 0. The van der Waals surface area contributed by atoms with Crippen LogP contribution in [0.5, 0.6) is 0 Å². The molecule has 120 valence electrons. The monoisotopic (exact) mass is 293 g/mol. The van der Waals surface area contributed by atoms with Gasteiger partial charge in [-0.3, -0.25) is 4.79 Å². The maximum atomic E-state index is 12.9. The van der Waals surface area contributed by atoms with Crippen molar-refractivity contribution in [2.75, 3.05) is 13.1 Å². The molecule has 0 spiro atoms. The van der Waals surface area contributed by atoms with Crippen LogP contribution in [0, 0.1) is 22.2 Å². The van der Waals surface area contributed by atoms with Crippen molar-refractivity contribution in [3.8, 4) is 0 Å². The minimum absolute atomic E-state index is 0.0843. The van der Waals surface area contributed by atoms with Crippen molar-refractivity contribution in [1.29, 1.82) is 0 Å². The average molecular weight is 293 g/mol. The van der Waals surface area contributed by atoms with E-state index in [9.17, 15) is 4.79 Å². The van der Waals surface area contributed by atoms with Crippen LogP contribution in [0.1, 0.15) is 66.2 Å². The summed E-state index contributed by atoms with van der Waals surface area (Å²) in [6, 6.07) is 0. The molecule has 2 aliphatic carbocycles. The summed E-state index contributed by atoms with van der Waals surface area (Å²) in [5.41, 5.74) is 0.258. The van der Waals surface area contributed by atoms with Crippen molar-refractivity contribution in [2.24, 2.45) is 22.2 Å². The predicted octanol–water partition coefficient (Wildman–Crippen LogP) is 3.52. The largest absolute Gasteiger partial charge is 0.461 e. The van der Waals surface area contributed by atoms with Crippen molar-refractivity contribution in [3.05, 3.63) is 0 Å². The van der Waals surface area contributed by atoms with Crippen molar-refractivity contribution < 1.29 is 9.53 Å². The Labute approximate surface area is 129 Å². The van der Waals surface area contributed by atoms with Gasteiger partial charge in [0, 0.05) is 5.41 Å². The minimum atomic E-state index is -0.229. The zero-order valence-corrected chi connectivity index (χ0v) is 14.1. The van der Waals surface area contributed by atoms with E-state index in [4.69, 9.17) is 4.74 Å². The Bertz CT molecular complexity index is 425. The second kappa shape index (κ2) is 4.97. The number of carbonyl (C=O) groups is 1. The Kier molecular flexibility index (Phi) is 3.63. The second-order valence-electron chi connectivity index (χ2n) is 8.39. The molecule has 1 heterocycles. The molecule has 2 bridgehead atoms. The molecule has 3 nitrogen and oxygen atoms in total. The van der Waals surface area contributed by atoms with E-state index in [1.807, 2.05) is 0 Å². The standard InChI is InChI=1S/C18H31NO2/c1-5-18(8-10-19-11-9-18)15(20)21-14-12-13-6-7-17(14,4)16(13,2)3/h13-14,19H,5-12H2,1-4H3. The number of hydrogen-bond donors (Lipinski definition) is 1. The molecule has 3 aliphatic rings. The van der Waals surface area contributed by atoms with Crippen LogP contribution < -0.4 is 5.32 Å². The van der Waals surface area contributed by atoms with Crippen LogP contribution in [0.25, 0.3) is 0 Å². The van der Waals surface area contributed by atoms with Gasteiger partial charge in [-0.05, 0) is 62.9 Å². The van der Waals surface area contributed by atoms with Gasteiger partial charge in [-0.2, -0.15) is 0 Å². The van der Waals surface area contributed by atoms with E-state index in [1.54, 1.807) is 0 Å². The fourth-order valence-electron chi connectivity index (χ4n) is 5.17. The molecule has 1 aliphatic heterocycles. The third kappa shape index (κ3) is 2.07. The number of esters is 1. The van der Waals surface area contributed by atoms with Crippen LogP contribution in [-0.4, -0.2) is 25.2 Å². The van der Waals surface area contributed by atoms with Crippen molar-refractivity contribution >= 4 is 5.97 Å². The molecule has 1 N–H and O–H groups in total. The molecule has 0 radical (unpaired) electrons. The lowest BCUT2D eigenvalue weighted by Crippen LogP contribution is -2.46. The number of ether oxygens (including phenoxy) is 1. The van der Waals surface area contributed by atoms with Crippen LogP contribution in [0.15, 0.2) is 0 Å². The van der Waals surface area contributed by atoms with Gasteiger partial charge in [-0.15, -0.1) is 0 Å². The molecule has 0 amide bonds. The van der Waals surface area contributed by atoms with Gasteiger partial charge in [0.15, 0.2) is 0 Å². The number of rotatable bonds is 3. The van der Waals surface area contributed by atoms with Gasteiger partial charge < -0.3 is 10.1 Å². The van der Waals surface area contributed by atoms with Crippen LogP contribution in [0.3, 0.4) is 0 Å². The Balaban J connectivity index is 1.74.